The van der Waals surface area contributed by atoms with Gasteiger partial charge in [-0.1, -0.05) is 66.7 Å². The molecule has 1 atom stereocenters. The lowest BCUT2D eigenvalue weighted by atomic mass is 10.0. The maximum absolute atomic E-state index is 13.7. The summed E-state index contributed by atoms with van der Waals surface area (Å²) in [7, 11) is 0. The maximum Gasteiger partial charge on any atom is 0.266 e. The van der Waals surface area contributed by atoms with E-state index in [1.54, 1.807) is 4.57 Å². The Balaban J connectivity index is 1.86. The Morgan fingerprint density at radius 3 is 1.83 bits per heavy atom. The van der Waals surface area contributed by atoms with E-state index in [0.29, 0.717) is 16.2 Å². The largest absolute Gasteiger partial charge is 0.305 e. The number of benzene rings is 3. The van der Waals surface area contributed by atoms with Gasteiger partial charge in [0.05, 0.1) is 17.3 Å². The fourth-order valence-electron chi connectivity index (χ4n) is 3.74. The van der Waals surface area contributed by atoms with Crippen LogP contribution in [0, 0.1) is 4.77 Å². The molecular formula is C23H18N4OS. The zero-order valence-corrected chi connectivity index (χ0v) is 16.3. The quantitative estimate of drug-likeness (QED) is 0.503. The molecule has 1 aliphatic rings. The third kappa shape index (κ3) is 2.90. The van der Waals surface area contributed by atoms with E-state index in [9.17, 15) is 4.79 Å². The molecule has 142 valence electrons. The summed E-state index contributed by atoms with van der Waals surface area (Å²) in [6, 6.07) is 29.0. The van der Waals surface area contributed by atoms with Gasteiger partial charge in [0.25, 0.3) is 5.56 Å². The first kappa shape index (κ1) is 17.6. The van der Waals surface area contributed by atoms with Gasteiger partial charge < -0.3 is 5.43 Å². The third-order valence-corrected chi connectivity index (χ3v) is 5.45. The molecule has 0 amide bonds. The zero-order valence-electron chi connectivity index (χ0n) is 15.4. The summed E-state index contributed by atoms with van der Waals surface area (Å²) < 4.78 is 3.93. The topological polar surface area (TPSA) is 51.0 Å². The molecule has 0 bridgehead atoms. The number of nitrogens with one attached hydrogen (secondary N) is 2. The summed E-state index contributed by atoms with van der Waals surface area (Å²) in [5.41, 5.74) is 9.62. The molecule has 5 nitrogen and oxygen atoms in total. The van der Waals surface area contributed by atoms with Gasteiger partial charge in [-0.3, -0.25) is 13.9 Å². The van der Waals surface area contributed by atoms with Crippen molar-refractivity contribution in [3.05, 3.63) is 117 Å². The highest BCUT2D eigenvalue weighted by Crippen LogP contribution is 2.32. The molecule has 2 heterocycles. The zero-order chi connectivity index (χ0) is 19.8. The van der Waals surface area contributed by atoms with Crippen molar-refractivity contribution in [2.45, 2.75) is 6.04 Å². The molecule has 1 aromatic heterocycles. The molecule has 3 aromatic carbocycles. The number of hydrazine groups is 1. The van der Waals surface area contributed by atoms with E-state index in [1.165, 1.54) is 0 Å². The van der Waals surface area contributed by atoms with Gasteiger partial charge >= 0.3 is 0 Å². The van der Waals surface area contributed by atoms with Crippen LogP contribution in [0.15, 0.2) is 95.8 Å². The van der Waals surface area contributed by atoms with Crippen molar-refractivity contribution < 1.29 is 0 Å². The molecule has 4 aromatic rings. The SMILES string of the molecule is O=c1c2c(n(-c3ccccc3)c(=S)n1-c1ccccc1)NNC2c1ccccc1. The minimum Gasteiger partial charge on any atom is -0.305 e. The van der Waals surface area contributed by atoms with Crippen LogP contribution >= 0.6 is 12.2 Å². The van der Waals surface area contributed by atoms with Gasteiger partial charge in [-0.05, 0) is 42.0 Å². The number of fused-ring (bicyclic) bond motifs is 1. The van der Waals surface area contributed by atoms with Crippen molar-refractivity contribution in [1.29, 1.82) is 0 Å². The Labute approximate surface area is 172 Å². The van der Waals surface area contributed by atoms with Crippen LogP contribution in [-0.2, 0) is 0 Å². The predicted molar refractivity (Wildman–Crippen MR) is 117 cm³/mol. The summed E-state index contributed by atoms with van der Waals surface area (Å²) in [6.45, 7) is 0. The Bertz CT molecular complexity index is 1280. The average Bonchev–Trinajstić information content (AvgIpc) is 3.21. The Morgan fingerprint density at radius 2 is 1.24 bits per heavy atom. The van der Waals surface area contributed by atoms with Crippen LogP contribution in [0.2, 0.25) is 0 Å². The Kier molecular flexibility index (Phi) is 4.35. The lowest BCUT2D eigenvalue weighted by Gasteiger charge is -2.18. The van der Waals surface area contributed by atoms with Crippen molar-refractivity contribution in [2.75, 3.05) is 5.43 Å². The number of aromatic nitrogens is 2. The average molecular weight is 398 g/mol. The first-order valence-corrected chi connectivity index (χ1v) is 9.76. The van der Waals surface area contributed by atoms with Crippen LogP contribution in [0.4, 0.5) is 5.82 Å². The summed E-state index contributed by atoms with van der Waals surface area (Å²) in [4.78, 5) is 13.7. The van der Waals surface area contributed by atoms with Crippen molar-refractivity contribution in [2.24, 2.45) is 0 Å². The fourth-order valence-corrected chi connectivity index (χ4v) is 4.12. The van der Waals surface area contributed by atoms with Gasteiger partial charge in [0, 0.05) is 5.69 Å². The van der Waals surface area contributed by atoms with Crippen molar-refractivity contribution in [3.8, 4) is 11.4 Å². The lowest BCUT2D eigenvalue weighted by molar-refractivity contribution is 0.716. The molecule has 0 aliphatic carbocycles. The Hall–Kier alpha value is -3.48. The number of hydrogen-bond acceptors (Lipinski definition) is 4. The van der Waals surface area contributed by atoms with Crippen LogP contribution in [0.5, 0.6) is 0 Å². The number of anilines is 1. The molecule has 6 heteroatoms. The van der Waals surface area contributed by atoms with Crippen LogP contribution in [0.1, 0.15) is 17.2 Å². The molecular weight excluding hydrogens is 380 g/mol. The highest BCUT2D eigenvalue weighted by atomic mass is 32.1. The second-order valence-corrected chi connectivity index (χ2v) is 7.17. The van der Waals surface area contributed by atoms with Crippen LogP contribution < -0.4 is 16.4 Å². The minimum atomic E-state index is -0.278. The summed E-state index contributed by atoms with van der Waals surface area (Å²) in [5.74, 6) is 0.673. The second-order valence-electron chi connectivity index (χ2n) is 6.80. The van der Waals surface area contributed by atoms with E-state index in [-0.39, 0.29) is 11.6 Å². The normalized spacial score (nSPS) is 15.0. The van der Waals surface area contributed by atoms with E-state index in [4.69, 9.17) is 12.2 Å². The highest BCUT2D eigenvalue weighted by molar-refractivity contribution is 7.71. The molecule has 1 aliphatic heterocycles. The van der Waals surface area contributed by atoms with Crippen molar-refractivity contribution in [3.63, 3.8) is 0 Å². The molecule has 29 heavy (non-hydrogen) atoms. The molecule has 0 radical (unpaired) electrons. The minimum absolute atomic E-state index is 0.130. The van der Waals surface area contributed by atoms with E-state index >= 15 is 0 Å². The van der Waals surface area contributed by atoms with Gasteiger partial charge in [-0.2, -0.15) is 0 Å². The van der Waals surface area contributed by atoms with Crippen LogP contribution in [-0.4, -0.2) is 9.13 Å². The highest BCUT2D eigenvalue weighted by Gasteiger charge is 2.31. The third-order valence-electron chi connectivity index (χ3n) is 5.08. The number of para-hydroxylation sites is 2. The maximum atomic E-state index is 13.7. The predicted octanol–water partition coefficient (Wildman–Crippen LogP) is 4.38. The monoisotopic (exact) mass is 398 g/mol. The molecule has 2 N–H and O–H groups in total. The molecule has 0 fully saturated rings. The van der Waals surface area contributed by atoms with E-state index in [0.717, 1.165) is 16.9 Å². The molecule has 0 saturated carbocycles. The molecule has 1 unspecified atom stereocenters. The fraction of sp³-hybridized carbons (Fsp3) is 0.0435. The second kappa shape index (κ2) is 7.16. The number of nitrogens with zero attached hydrogens (tertiary/aromatic N) is 2. The molecule has 0 saturated heterocycles. The van der Waals surface area contributed by atoms with Gasteiger partial charge in [0.15, 0.2) is 4.77 Å². The number of rotatable bonds is 3. The van der Waals surface area contributed by atoms with Crippen molar-refractivity contribution in [1.82, 2.24) is 14.6 Å². The number of hydrogen-bond donors (Lipinski definition) is 2. The summed E-state index contributed by atoms with van der Waals surface area (Å²) >= 11 is 5.80. The van der Waals surface area contributed by atoms with Crippen LogP contribution in [0.3, 0.4) is 0 Å². The Morgan fingerprint density at radius 1 is 0.724 bits per heavy atom. The smallest absolute Gasteiger partial charge is 0.266 e. The van der Waals surface area contributed by atoms with E-state index < -0.39 is 0 Å². The molecule has 5 rings (SSSR count). The van der Waals surface area contributed by atoms with Crippen molar-refractivity contribution >= 4 is 18.0 Å². The van der Waals surface area contributed by atoms with Crippen LogP contribution in [0.25, 0.3) is 11.4 Å². The van der Waals surface area contributed by atoms with Gasteiger partial charge in [-0.15, -0.1) is 0 Å². The van der Waals surface area contributed by atoms with Gasteiger partial charge in [-0.25, -0.2) is 5.43 Å². The van der Waals surface area contributed by atoms with Gasteiger partial charge in [0.2, 0.25) is 0 Å². The lowest BCUT2D eigenvalue weighted by Crippen LogP contribution is -2.28. The standard InChI is InChI=1S/C23H18N4OS/c28-22-19-20(16-10-4-1-5-11-16)24-25-21(19)26(17-12-6-2-7-13-17)23(29)27(22)18-14-8-3-9-15-18/h1-15,20,24-25H. The summed E-state index contributed by atoms with van der Waals surface area (Å²) in [5, 5.41) is 0. The van der Waals surface area contributed by atoms with E-state index in [1.807, 2.05) is 95.6 Å². The summed E-state index contributed by atoms with van der Waals surface area (Å²) in [6.07, 6.45) is 0. The first-order valence-electron chi connectivity index (χ1n) is 9.35. The molecule has 0 spiro atoms. The van der Waals surface area contributed by atoms with Gasteiger partial charge in [0.1, 0.15) is 5.82 Å². The first-order chi connectivity index (χ1) is 14.3. The van der Waals surface area contributed by atoms with E-state index in [2.05, 4.69) is 10.9 Å².